The van der Waals surface area contributed by atoms with Crippen molar-refractivity contribution in [1.82, 2.24) is 0 Å². The van der Waals surface area contributed by atoms with Crippen molar-refractivity contribution in [2.75, 3.05) is 0 Å². The molecule has 0 radical (unpaired) electrons. The molecular weight excluding hydrogens is 344 g/mol. The molecule has 0 spiro atoms. The Bertz CT molecular complexity index is 897. The number of ether oxygens (including phenoxy) is 2. The standard InChI is InChI=1S/C22H18O5/c1-2-9-17-14-18(23)20(27-22(25)16-12-7-4-8-13-16)19(17)26-21(24)15-10-5-3-6-11-15/h2-14,19-20H,1H3/b9-2+/t19-,20-/m0/s1. The fourth-order valence-corrected chi connectivity index (χ4v) is 2.75. The maximum Gasteiger partial charge on any atom is 0.339 e. The minimum Gasteiger partial charge on any atom is -0.449 e. The number of hydrogen-bond donors (Lipinski definition) is 0. The first kappa shape index (κ1) is 18.3. The van der Waals surface area contributed by atoms with E-state index in [1.54, 1.807) is 79.7 Å². The van der Waals surface area contributed by atoms with Crippen LogP contribution in [0.2, 0.25) is 0 Å². The molecule has 1 aliphatic carbocycles. The largest absolute Gasteiger partial charge is 0.449 e. The molecule has 0 bridgehead atoms. The van der Waals surface area contributed by atoms with E-state index in [2.05, 4.69) is 0 Å². The molecule has 0 amide bonds. The molecule has 0 saturated carbocycles. The average Bonchev–Trinajstić information content (AvgIpc) is 2.98. The molecule has 0 fully saturated rings. The van der Waals surface area contributed by atoms with Crippen LogP contribution in [0.5, 0.6) is 0 Å². The normalized spacial score (nSPS) is 19.0. The highest BCUT2D eigenvalue weighted by Gasteiger charge is 2.41. The van der Waals surface area contributed by atoms with Crippen LogP contribution >= 0.6 is 0 Å². The van der Waals surface area contributed by atoms with E-state index in [-0.39, 0.29) is 0 Å². The lowest BCUT2D eigenvalue weighted by atomic mass is 10.1. The molecule has 2 aromatic carbocycles. The average molecular weight is 362 g/mol. The quantitative estimate of drug-likeness (QED) is 0.761. The summed E-state index contributed by atoms with van der Waals surface area (Å²) in [6.07, 6.45) is 2.53. The van der Waals surface area contributed by atoms with Gasteiger partial charge in [-0.2, -0.15) is 0 Å². The summed E-state index contributed by atoms with van der Waals surface area (Å²) in [4.78, 5) is 37.2. The number of allylic oxidation sites excluding steroid dienone is 1. The van der Waals surface area contributed by atoms with Crippen LogP contribution < -0.4 is 0 Å². The van der Waals surface area contributed by atoms with Crippen molar-refractivity contribution in [3.8, 4) is 0 Å². The van der Waals surface area contributed by atoms with E-state index in [0.717, 1.165) is 0 Å². The van der Waals surface area contributed by atoms with E-state index < -0.39 is 29.9 Å². The first-order valence-electron chi connectivity index (χ1n) is 8.50. The maximum atomic E-state index is 12.4. The van der Waals surface area contributed by atoms with Crippen LogP contribution in [0, 0.1) is 0 Å². The third-order valence-electron chi connectivity index (χ3n) is 4.04. The zero-order valence-electron chi connectivity index (χ0n) is 14.7. The summed E-state index contributed by atoms with van der Waals surface area (Å²) in [5, 5.41) is 0. The molecule has 2 aromatic rings. The van der Waals surface area contributed by atoms with Crippen LogP contribution in [0.3, 0.4) is 0 Å². The van der Waals surface area contributed by atoms with Crippen LogP contribution in [0.15, 0.2) is 84.5 Å². The molecule has 0 unspecified atom stereocenters. The van der Waals surface area contributed by atoms with Gasteiger partial charge in [0.1, 0.15) is 0 Å². The second-order valence-corrected chi connectivity index (χ2v) is 5.93. The highest BCUT2D eigenvalue weighted by atomic mass is 16.6. The lowest BCUT2D eigenvalue weighted by Gasteiger charge is -2.21. The Labute approximate surface area is 156 Å². The summed E-state index contributed by atoms with van der Waals surface area (Å²) in [5.74, 6) is -1.66. The van der Waals surface area contributed by atoms with Gasteiger partial charge in [0.15, 0.2) is 6.10 Å². The van der Waals surface area contributed by atoms with Crippen molar-refractivity contribution in [2.45, 2.75) is 19.1 Å². The van der Waals surface area contributed by atoms with Gasteiger partial charge in [-0.3, -0.25) is 4.79 Å². The molecule has 27 heavy (non-hydrogen) atoms. The van der Waals surface area contributed by atoms with Gasteiger partial charge in [-0.25, -0.2) is 9.59 Å². The Morgan fingerprint density at radius 3 is 1.78 bits per heavy atom. The van der Waals surface area contributed by atoms with Gasteiger partial charge in [-0.05, 0) is 37.3 Å². The number of carbonyl (C=O) groups excluding carboxylic acids is 3. The first-order valence-corrected chi connectivity index (χ1v) is 8.50. The van der Waals surface area contributed by atoms with E-state index in [4.69, 9.17) is 9.47 Å². The van der Waals surface area contributed by atoms with Crippen LogP contribution in [-0.2, 0) is 14.3 Å². The molecule has 1 aliphatic rings. The molecule has 0 heterocycles. The zero-order valence-corrected chi connectivity index (χ0v) is 14.7. The molecular formula is C22H18O5. The molecule has 0 saturated heterocycles. The van der Waals surface area contributed by atoms with Gasteiger partial charge < -0.3 is 9.47 Å². The monoisotopic (exact) mass is 362 g/mol. The van der Waals surface area contributed by atoms with Crippen molar-refractivity contribution < 1.29 is 23.9 Å². The zero-order chi connectivity index (χ0) is 19.2. The van der Waals surface area contributed by atoms with Crippen LogP contribution in [0.25, 0.3) is 0 Å². The Hall–Kier alpha value is -3.47. The molecule has 0 aliphatic heterocycles. The summed E-state index contributed by atoms with van der Waals surface area (Å²) in [7, 11) is 0. The molecule has 0 aromatic heterocycles. The minimum absolute atomic E-state index is 0.318. The third kappa shape index (κ3) is 4.20. The van der Waals surface area contributed by atoms with E-state index in [0.29, 0.717) is 16.7 Å². The number of rotatable bonds is 5. The van der Waals surface area contributed by atoms with Gasteiger partial charge in [-0.1, -0.05) is 48.6 Å². The first-order chi connectivity index (χ1) is 13.1. The van der Waals surface area contributed by atoms with Gasteiger partial charge in [0.05, 0.1) is 11.1 Å². The number of esters is 2. The molecule has 5 heteroatoms. The van der Waals surface area contributed by atoms with Gasteiger partial charge in [0.25, 0.3) is 0 Å². The lowest BCUT2D eigenvalue weighted by molar-refractivity contribution is -0.125. The summed E-state index contributed by atoms with van der Waals surface area (Å²) in [5.41, 5.74) is 1.15. The van der Waals surface area contributed by atoms with Crippen LogP contribution in [0.4, 0.5) is 0 Å². The van der Waals surface area contributed by atoms with Crippen molar-refractivity contribution in [1.29, 1.82) is 0 Å². The lowest BCUT2D eigenvalue weighted by Crippen LogP contribution is -2.37. The highest BCUT2D eigenvalue weighted by molar-refractivity contribution is 6.02. The molecule has 5 nitrogen and oxygen atoms in total. The predicted octanol–water partition coefficient (Wildman–Crippen LogP) is 3.52. The number of benzene rings is 2. The third-order valence-corrected chi connectivity index (χ3v) is 4.04. The van der Waals surface area contributed by atoms with Gasteiger partial charge >= 0.3 is 11.9 Å². The molecule has 2 atom stereocenters. The van der Waals surface area contributed by atoms with Crippen molar-refractivity contribution in [2.24, 2.45) is 0 Å². The fraction of sp³-hybridized carbons (Fsp3) is 0.136. The van der Waals surface area contributed by atoms with E-state index in [9.17, 15) is 14.4 Å². The topological polar surface area (TPSA) is 69.7 Å². The van der Waals surface area contributed by atoms with Gasteiger partial charge in [-0.15, -0.1) is 0 Å². The highest BCUT2D eigenvalue weighted by Crippen LogP contribution is 2.26. The van der Waals surface area contributed by atoms with Crippen molar-refractivity contribution >= 4 is 17.7 Å². The molecule has 136 valence electrons. The minimum atomic E-state index is -1.21. The number of carbonyl (C=O) groups is 3. The SMILES string of the molecule is C/C=C/C1=CC(=O)[C@H](OC(=O)c2ccccc2)[C@H]1OC(=O)c1ccccc1. The van der Waals surface area contributed by atoms with Crippen molar-refractivity contribution in [3.05, 3.63) is 95.6 Å². The maximum absolute atomic E-state index is 12.4. The van der Waals surface area contributed by atoms with Gasteiger partial charge in [0, 0.05) is 5.57 Å². The summed E-state index contributed by atoms with van der Waals surface area (Å²) in [6, 6.07) is 16.8. The van der Waals surface area contributed by atoms with E-state index in [1.807, 2.05) is 0 Å². The Morgan fingerprint density at radius 1 is 0.815 bits per heavy atom. The Morgan fingerprint density at radius 2 is 1.30 bits per heavy atom. The van der Waals surface area contributed by atoms with Crippen LogP contribution in [-0.4, -0.2) is 29.9 Å². The number of ketones is 1. The fourth-order valence-electron chi connectivity index (χ4n) is 2.75. The van der Waals surface area contributed by atoms with E-state index >= 15 is 0 Å². The van der Waals surface area contributed by atoms with Crippen molar-refractivity contribution in [3.63, 3.8) is 0 Å². The Kier molecular flexibility index (Phi) is 5.61. The molecule has 3 rings (SSSR count). The summed E-state index contributed by atoms with van der Waals surface area (Å²) in [6.45, 7) is 1.78. The Balaban J connectivity index is 1.82. The number of hydrogen-bond acceptors (Lipinski definition) is 5. The summed E-state index contributed by atoms with van der Waals surface area (Å²) >= 11 is 0. The second kappa shape index (κ2) is 8.27. The van der Waals surface area contributed by atoms with Crippen LogP contribution in [0.1, 0.15) is 27.6 Å². The second-order valence-electron chi connectivity index (χ2n) is 5.93. The smallest absolute Gasteiger partial charge is 0.339 e. The van der Waals surface area contributed by atoms with E-state index in [1.165, 1.54) is 6.08 Å². The van der Waals surface area contributed by atoms with Gasteiger partial charge in [0.2, 0.25) is 11.9 Å². The molecule has 0 N–H and O–H groups in total. The summed E-state index contributed by atoms with van der Waals surface area (Å²) < 4.78 is 10.9. The predicted molar refractivity (Wildman–Crippen MR) is 99.2 cm³/mol.